The van der Waals surface area contributed by atoms with Crippen molar-refractivity contribution in [2.24, 2.45) is 5.92 Å². The Hall–Kier alpha value is -3.40. The molecule has 178 valence electrons. The Kier molecular flexibility index (Phi) is 9.90. The molecule has 1 unspecified atom stereocenters. The lowest BCUT2D eigenvalue weighted by molar-refractivity contribution is -0.141. The van der Waals surface area contributed by atoms with E-state index in [0.29, 0.717) is 18.4 Å². The zero-order chi connectivity index (χ0) is 24.2. The molecular formula is C30H34O4. The molecule has 1 atom stereocenters. The van der Waals surface area contributed by atoms with Crippen LogP contribution in [0, 0.1) is 5.92 Å². The first-order chi connectivity index (χ1) is 16.6. The number of hydrogen-bond acceptors (Lipinski definition) is 3. The van der Waals surface area contributed by atoms with Crippen molar-refractivity contribution in [3.05, 3.63) is 90.0 Å². The van der Waals surface area contributed by atoms with E-state index in [2.05, 4.69) is 6.92 Å². The van der Waals surface area contributed by atoms with Gasteiger partial charge in [-0.1, -0.05) is 92.9 Å². The quantitative estimate of drug-likeness (QED) is 0.205. The van der Waals surface area contributed by atoms with Gasteiger partial charge in [-0.3, -0.25) is 9.59 Å². The van der Waals surface area contributed by atoms with Gasteiger partial charge in [0.05, 0.1) is 12.5 Å². The van der Waals surface area contributed by atoms with Gasteiger partial charge in [-0.25, -0.2) is 0 Å². The highest BCUT2D eigenvalue weighted by Crippen LogP contribution is 2.24. The second-order valence-corrected chi connectivity index (χ2v) is 8.70. The van der Waals surface area contributed by atoms with Gasteiger partial charge in [0.2, 0.25) is 0 Å². The first kappa shape index (κ1) is 25.2. The molecule has 1 N–H and O–H groups in total. The lowest BCUT2D eigenvalue weighted by Gasteiger charge is -2.12. The Bertz CT molecular complexity index is 1020. The van der Waals surface area contributed by atoms with E-state index in [4.69, 9.17) is 4.74 Å². The van der Waals surface area contributed by atoms with Crippen LogP contribution in [0.3, 0.4) is 0 Å². The number of carboxylic acid groups (broad SMARTS) is 1. The minimum Gasteiger partial charge on any atom is -0.494 e. The van der Waals surface area contributed by atoms with Crippen LogP contribution in [0.5, 0.6) is 5.75 Å². The molecule has 0 aliphatic heterocycles. The van der Waals surface area contributed by atoms with Crippen molar-refractivity contribution in [3.63, 3.8) is 0 Å². The summed E-state index contributed by atoms with van der Waals surface area (Å²) in [6, 6.07) is 25.1. The lowest BCUT2D eigenvalue weighted by Crippen LogP contribution is -2.19. The van der Waals surface area contributed by atoms with E-state index in [9.17, 15) is 14.7 Å². The summed E-state index contributed by atoms with van der Waals surface area (Å²) in [5.74, 6) is -0.892. The van der Waals surface area contributed by atoms with E-state index in [1.54, 1.807) is 12.1 Å². The van der Waals surface area contributed by atoms with Gasteiger partial charge in [0.15, 0.2) is 5.78 Å². The van der Waals surface area contributed by atoms with E-state index in [0.717, 1.165) is 35.5 Å². The van der Waals surface area contributed by atoms with Crippen LogP contribution in [0.15, 0.2) is 78.9 Å². The predicted molar refractivity (Wildman–Crippen MR) is 136 cm³/mol. The lowest BCUT2D eigenvalue weighted by atomic mass is 9.92. The van der Waals surface area contributed by atoms with E-state index < -0.39 is 11.9 Å². The molecule has 0 spiro atoms. The van der Waals surface area contributed by atoms with Gasteiger partial charge >= 0.3 is 5.97 Å². The number of aryl methyl sites for hydroxylation is 1. The van der Waals surface area contributed by atoms with Crippen LogP contribution < -0.4 is 4.74 Å². The van der Waals surface area contributed by atoms with Crippen molar-refractivity contribution in [1.82, 2.24) is 0 Å². The highest BCUT2D eigenvalue weighted by molar-refractivity contribution is 5.98. The maximum atomic E-state index is 12.7. The largest absolute Gasteiger partial charge is 0.494 e. The monoisotopic (exact) mass is 458 g/mol. The Labute approximate surface area is 202 Å². The van der Waals surface area contributed by atoms with Crippen LogP contribution in [0.2, 0.25) is 0 Å². The van der Waals surface area contributed by atoms with Crippen LogP contribution in [0.25, 0.3) is 11.1 Å². The molecule has 0 heterocycles. The van der Waals surface area contributed by atoms with Crippen LogP contribution >= 0.6 is 0 Å². The molecule has 4 heteroatoms. The van der Waals surface area contributed by atoms with Crippen molar-refractivity contribution in [1.29, 1.82) is 0 Å². The summed E-state index contributed by atoms with van der Waals surface area (Å²) in [4.78, 5) is 24.5. The fourth-order valence-corrected chi connectivity index (χ4v) is 3.95. The second kappa shape index (κ2) is 13.3. The number of rotatable bonds is 14. The van der Waals surface area contributed by atoms with E-state index >= 15 is 0 Å². The SMILES string of the molecule is CCCCCCOc1ccc(-c2ccc(C(=O)CC(CCc3ccccc3)C(=O)O)cc2)cc1. The third-order valence-corrected chi connectivity index (χ3v) is 6.07. The number of unbranched alkanes of at least 4 members (excludes halogenated alkanes) is 3. The Morgan fingerprint density at radius 3 is 2.09 bits per heavy atom. The summed E-state index contributed by atoms with van der Waals surface area (Å²) in [7, 11) is 0. The van der Waals surface area contributed by atoms with E-state index in [-0.39, 0.29) is 12.2 Å². The third kappa shape index (κ3) is 7.87. The number of carbonyl (C=O) groups is 2. The standard InChI is InChI=1S/C30H34O4/c1-2-3-4-8-21-34-28-19-17-25(18-20-28)24-13-15-26(16-14-24)29(31)22-27(30(32)33)12-11-23-9-6-5-7-10-23/h5-7,9-10,13-20,27H,2-4,8,11-12,21-22H2,1H3,(H,32,33). The second-order valence-electron chi connectivity index (χ2n) is 8.70. The van der Waals surface area contributed by atoms with Gasteiger partial charge in [-0.2, -0.15) is 0 Å². The normalized spacial score (nSPS) is 11.7. The number of aliphatic carboxylic acids is 1. The van der Waals surface area contributed by atoms with Crippen molar-refractivity contribution in [2.45, 2.75) is 51.9 Å². The highest BCUT2D eigenvalue weighted by atomic mass is 16.5. The topological polar surface area (TPSA) is 63.6 Å². The zero-order valence-corrected chi connectivity index (χ0v) is 19.9. The van der Waals surface area contributed by atoms with Crippen molar-refractivity contribution < 1.29 is 19.4 Å². The Morgan fingerprint density at radius 1 is 0.824 bits per heavy atom. The average molecular weight is 459 g/mol. The molecule has 3 rings (SSSR count). The van der Waals surface area contributed by atoms with Gasteiger partial charge in [0.1, 0.15) is 5.75 Å². The summed E-state index contributed by atoms with van der Waals surface area (Å²) in [5, 5.41) is 9.59. The molecular weight excluding hydrogens is 424 g/mol. The minimum absolute atomic E-state index is 0.00576. The van der Waals surface area contributed by atoms with Crippen LogP contribution in [-0.4, -0.2) is 23.5 Å². The Morgan fingerprint density at radius 2 is 1.47 bits per heavy atom. The van der Waals surface area contributed by atoms with Gasteiger partial charge in [0, 0.05) is 12.0 Å². The predicted octanol–water partition coefficient (Wildman–Crippen LogP) is 7.22. The first-order valence-electron chi connectivity index (χ1n) is 12.2. The summed E-state index contributed by atoms with van der Waals surface area (Å²) in [6.07, 6.45) is 5.81. The smallest absolute Gasteiger partial charge is 0.306 e. The summed E-state index contributed by atoms with van der Waals surface area (Å²) in [5.41, 5.74) is 3.67. The zero-order valence-electron chi connectivity index (χ0n) is 19.9. The molecule has 0 fully saturated rings. The van der Waals surface area contributed by atoms with Gasteiger partial charge < -0.3 is 9.84 Å². The van der Waals surface area contributed by atoms with Crippen LogP contribution in [0.1, 0.15) is 61.4 Å². The fourth-order valence-electron chi connectivity index (χ4n) is 3.95. The van der Waals surface area contributed by atoms with Crippen molar-refractivity contribution in [3.8, 4) is 16.9 Å². The molecule has 0 aliphatic rings. The van der Waals surface area contributed by atoms with Crippen molar-refractivity contribution >= 4 is 11.8 Å². The average Bonchev–Trinajstić information content (AvgIpc) is 2.87. The minimum atomic E-state index is -0.923. The molecule has 3 aromatic rings. The molecule has 0 radical (unpaired) electrons. The Balaban J connectivity index is 1.54. The number of benzene rings is 3. The number of Topliss-reactive ketones (excluding diaryl/α,β-unsaturated/α-hetero) is 1. The number of hydrogen-bond donors (Lipinski definition) is 1. The highest BCUT2D eigenvalue weighted by Gasteiger charge is 2.22. The summed E-state index contributed by atoms with van der Waals surface area (Å²) < 4.78 is 5.81. The summed E-state index contributed by atoms with van der Waals surface area (Å²) in [6.45, 7) is 2.93. The van der Waals surface area contributed by atoms with Crippen LogP contribution in [0.4, 0.5) is 0 Å². The maximum Gasteiger partial charge on any atom is 0.306 e. The molecule has 0 amide bonds. The molecule has 34 heavy (non-hydrogen) atoms. The molecule has 0 aromatic heterocycles. The van der Waals surface area contributed by atoms with Crippen molar-refractivity contribution in [2.75, 3.05) is 6.61 Å². The number of ether oxygens (including phenoxy) is 1. The molecule has 4 nitrogen and oxygen atoms in total. The molecule has 0 saturated carbocycles. The molecule has 0 aliphatic carbocycles. The van der Waals surface area contributed by atoms with Gasteiger partial charge in [0.25, 0.3) is 0 Å². The molecule has 0 saturated heterocycles. The third-order valence-electron chi connectivity index (χ3n) is 6.07. The molecule has 0 bridgehead atoms. The number of carboxylic acids is 1. The maximum absolute atomic E-state index is 12.7. The number of ketones is 1. The van der Waals surface area contributed by atoms with E-state index in [1.165, 1.54) is 19.3 Å². The fraction of sp³-hybridized carbons (Fsp3) is 0.333. The summed E-state index contributed by atoms with van der Waals surface area (Å²) >= 11 is 0. The first-order valence-corrected chi connectivity index (χ1v) is 12.2. The van der Waals surface area contributed by atoms with Gasteiger partial charge in [-0.05, 0) is 48.1 Å². The number of carbonyl (C=O) groups excluding carboxylic acids is 1. The van der Waals surface area contributed by atoms with Gasteiger partial charge in [-0.15, -0.1) is 0 Å². The van der Waals surface area contributed by atoms with Crippen LogP contribution in [-0.2, 0) is 11.2 Å². The molecule has 3 aromatic carbocycles. The van der Waals surface area contributed by atoms with E-state index in [1.807, 2.05) is 66.7 Å².